The van der Waals surface area contributed by atoms with Crippen molar-refractivity contribution >= 4 is 6.09 Å². The highest BCUT2D eigenvalue weighted by Crippen LogP contribution is 2.33. The Hall–Kier alpha value is -0.980. The first kappa shape index (κ1) is 15.1. The van der Waals surface area contributed by atoms with E-state index in [0.717, 1.165) is 0 Å². The fraction of sp³-hybridized carbons (Fsp3) is 0.909. The van der Waals surface area contributed by atoms with Gasteiger partial charge in [0, 0.05) is 19.1 Å². The van der Waals surface area contributed by atoms with Crippen LogP contribution in [0.3, 0.4) is 0 Å². The summed E-state index contributed by atoms with van der Waals surface area (Å²) in [6, 6.07) is -1.09. The van der Waals surface area contributed by atoms with Crippen LogP contribution in [0.1, 0.15) is 27.2 Å². The molecular formula is C11H19F3N2O2. The Kier molecular flexibility index (Phi) is 4.15. The quantitative estimate of drug-likeness (QED) is 0.732. The van der Waals surface area contributed by atoms with E-state index in [4.69, 9.17) is 10.5 Å². The van der Waals surface area contributed by atoms with Gasteiger partial charge in [0.1, 0.15) is 5.60 Å². The molecule has 0 bridgehead atoms. The van der Waals surface area contributed by atoms with E-state index in [2.05, 4.69) is 0 Å². The number of hydrogen-bond donors (Lipinski definition) is 1. The zero-order chi connectivity index (χ0) is 14.1. The fourth-order valence-electron chi connectivity index (χ4n) is 1.88. The van der Waals surface area contributed by atoms with E-state index in [1.54, 1.807) is 20.8 Å². The molecule has 1 saturated heterocycles. The van der Waals surface area contributed by atoms with Gasteiger partial charge in [0.15, 0.2) is 0 Å². The summed E-state index contributed by atoms with van der Waals surface area (Å²) in [7, 11) is 0. The lowest BCUT2D eigenvalue weighted by atomic mass is 9.92. The first-order valence-corrected chi connectivity index (χ1v) is 5.81. The number of ether oxygens (including phenoxy) is 1. The second-order valence-electron chi connectivity index (χ2n) is 5.53. The summed E-state index contributed by atoms with van der Waals surface area (Å²) in [5, 5.41) is 0. The predicted molar refractivity (Wildman–Crippen MR) is 59.9 cm³/mol. The van der Waals surface area contributed by atoms with E-state index < -0.39 is 29.8 Å². The molecule has 2 atom stereocenters. The van der Waals surface area contributed by atoms with Crippen molar-refractivity contribution in [2.45, 2.75) is 45.0 Å². The Morgan fingerprint density at radius 2 is 1.89 bits per heavy atom. The Morgan fingerprint density at radius 1 is 1.33 bits per heavy atom. The lowest BCUT2D eigenvalue weighted by Crippen LogP contribution is -2.55. The zero-order valence-electron chi connectivity index (χ0n) is 10.8. The summed E-state index contributed by atoms with van der Waals surface area (Å²) >= 11 is 0. The normalized spacial score (nSPS) is 26.1. The van der Waals surface area contributed by atoms with Gasteiger partial charge in [-0.05, 0) is 27.2 Å². The van der Waals surface area contributed by atoms with E-state index >= 15 is 0 Å². The molecule has 1 fully saturated rings. The maximum absolute atomic E-state index is 12.6. The maximum atomic E-state index is 12.6. The minimum absolute atomic E-state index is 0.0206. The van der Waals surface area contributed by atoms with Crippen LogP contribution in [0.4, 0.5) is 18.0 Å². The monoisotopic (exact) mass is 268 g/mol. The molecular weight excluding hydrogens is 249 g/mol. The van der Waals surface area contributed by atoms with Gasteiger partial charge in [0.2, 0.25) is 0 Å². The highest BCUT2D eigenvalue weighted by Gasteiger charge is 2.46. The van der Waals surface area contributed by atoms with Gasteiger partial charge in [-0.2, -0.15) is 13.2 Å². The number of nitrogens with two attached hydrogens (primary N) is 1. The van der Waals surface area contributed by atoms with Crippen LogP contribution in [-0.4, -0.2) is 41.9 Å². The highest BCUT2D eigenvalue weighted by atomic mass is 19.4. The van der Waals surface area contributed by atoms with Gasteiger partial charge in [-0.15, -0.1) is 0 Å². The number of hydrogen-bond acceptors (Lipinski definition) is 3. The molecule has 1 amide bonds. The van der Waals surface area contributed by atoms with Crippen molar-refractivity contribution in [3.8, 4) is 0 Å². The standard InChI is InChI=1S/C11H19F3N2O2/c1-10(2,3)18-9(17)16-5-4-7(8(15)6-16)11(12,13)14/h7-8H,4-6,15H2,1-3H3/t7-,8-/m0/s1. The lowest BCUT2D eigenvalue weighted by Gasteiger charge is -2.37. The molecule has 106 valence electrons. The van der Waals surface area contributed by atoms with Gasteiger partial charge in [-0.1, -0.05) is 0 Å². The molecule has 0 spiro atoms. The molecule has 0 aromatic heterocycles. The molecule has 0 radical (unpaired) electrons. The average molecular weight is 268 g/mol. The molecule has 0 unspecified atom stereocenters. The van der Waals surface area contributed by atoms with Gasteiger partial charge < -0.3 is 15.4 Å². The van der Waals surface area contributed by atoms with Crippen molar-refractivity contribution in [2.24, 2.45) is 11.7 Å². The minimum atomic E-state index is -4.31. The summed E-state index contributed by atoms with van der Waals surface area (Å²) in [5.74, 6) is -1.55. The van der Waals surface area contributed by atoms with Crippen LogP contribution in [0.5, 0.6) is 0 Å². The summed E-state index contributed by atoms with van der Waals surface area (Å²) in [5.41, 5.74) is 4.82. The molecule has 1 rings (SSSR count). The van der Waals surface area contributed by atoms with E-state index in [1.807, 2.05) is 0 Å². The molecule has 1 heterocycles. The summed E-state index contributed by atoms with van der Waals surface area (Å²) in [6.45, 7) is 5.00. The Labute approximate surface area is 104 Å². The second-order valence-corrected chi connectivity index (χ2v) is 5.53. The fourth-order valence-corrected chi connectivity index (χ4v) is 1.88. The number of piperidine rings is 1. The van der Waals surface area contributed by atoms with Crippen LogP contribution in [0.25, 0.3) is 0 Å². The average Bonchev–Trinajstić information content (AvgIpc) is 2.12. The molecule has 7 heteroatoms. The highest BCUT2D eigenvalue weighted by molar-refractivity contribution is 5.68. The summed E-state index contributed by atoms with van der Waals surface area (Å²) < 4.78 is 42.8. The largest absolute Gasteiger partial charge is 0.444 e. The molecule has 1 aliphatic heterocycles. The van der Waals surface area contributed by atoms with E-state index in [1.165, 1.54) is 4.90 Å². The molecule has 0 aromatic carbocycles. The van der Waals surface area contributed by atoms with E-state index in [-0.39, 0.29) is 19.5 Å². The third-order valence-corrected chi connectivity index (χ3v) is 2.73. The van der Waals surface area contributed by atoms with Crippen molar-refractivity contribution in [1.82, 2.24) is 4.90 Å². The Balaban J connectivity index is 2.59. The van der Waals surface area contributed by atoms with Crippen LogP contribution in [0.15, 0.2) is 0 Å². The first-order chi connectivity index (χ1) is 8.00. The molecule has 0 saturated carbocycles. The summed E-state index contributed by atoms with van der Waals surface area (Å²) in [6.07, 6.45) is -5.10. The lowest BCUT2D eigenvalue weighted by molar-refractivity contribution is -0.189. The van der Waals surface area contributed by atoms with Gasteiger partial charge in [-0.3, -0.25) is 0 Å². The Bertz CT molecular complexity index is 312. The van der Waals surface area contributed by atoms with Crippen LogP contribution < -0.4 is 5.73 Å². The van der Waals surface area contributed by atoms with Crippen molar-refractivity contribution in [3.05, 3.63) is 0 Å². The van der Waals surface area contributed by atoms with Crippen molar-refractivity contribution in [1.29, 1.82) is 0 Å². The number of alkyl halides is 3. The minimum Gasteiger partial charge on any atom is -0.444 e. The maximum Gasteiger partial charge on any atom is 0.410 e. The van der Waals surface area contributed by atoms with Crippen LogP contribution in [0.2, 0.25) is 0 Å². The van der Waals surface area contributed by atoms with Crippen LogP contribution in [0, 0.1) is 5.92 Å². The van der Waals surface area contributed by atoms with Gasteiger partial charge in [0.25, 0.3) is 0 Å². The Morgan fingerprint density at radius 3 is 2.28 bits per heavy atom. The molecule has 4 nitrogen and oxygen atoms in total. The number of nitrogens with zero attached hydrogens (tertiary/aromatic N) is 1. The van der Waals surface area contributed by atoms with Crippen LogP contribution >= 0.6 is 0 Å². The number of amides is 1. The predicted octanol–water partition coefficient (Wildman–Crippen LogP) is 2.13. The topological polar surface area (TPSA) is 55.6 Å². The van der Waals surface area contributed by atoms with Gasteiger partial charge in [0.05, 0.1) is 5.92 Å². The third kappa shape index (κ3) is 4.04. The zero-order valence-corrected chi connectivity index (χ0v) is 10.8. The van der Waals surface area contributed by atoms with Gasteiger partial charge in [-0.25, -0.2) is 4.79 Å². The number of rotatable bonds is 0. The van der Waals surface area contributed by atoms with Gasteiger partial charge >= 0.3 is 12.3 Å². The smallest absolute Gasteiger partial charge is 0.410 e. The van der Waals surface area contributed by atoms with Crippen LogP contribution in [-0.2, 0) is 4.74 Å². The number of halogens is 3. The first-order valence-electron chi connectivity index (χ1n) is 5.81. The second kappa shape index (κ2) is 4.95. The number of carbonyl (C=O) groups excluding carboxylic acids is 1. The number of carbonyl (C=O) groups is 1. The van der Waals surface area contributed by atoms with Crippen molar-refractivity contribution in [2.75, 3.05) is 13.1 Å². The van der Waals surface area contributed by atoms with Crippen molar-refractivity contribution in [3.63, 3.8) is 0 Å². The molecule has 0 aliphatic carbocycles. The molecule has 1 aliphatic rings. The van der Waals surface area contributed by atoms with Crippen molar-refractivity contribution < 1.29 is 22.7 Å². The molecule has 2 N–H and O–H groups in total. The molecule has 18 heavy (non-hydrogen) atoms. The van der Waals surface area contributed by atoms with E-state index in [0.29, 0.717) is 0 Å². The van der Waals surface area contributed by atoms with E-state index in [9.17, 15) is 18.0 Å². The SMILES string of the molecule is CC(C)(C)OC(=O)N1CC[C@H](C(F)(F)F)[C@@H](N)C1. The number of likely N-dealkylation sites (tertiary alicyclic amines) is 1. The summed E-state index contributed by atoms with van der Waals surface area (Å²) in [4.78, 5) is 12.9. The third-order valence-electron chi connectivity index (χ3n) is 2.73. The molecule has 0 aromatic rings.